The van der Waals surface area contributed by atoms with Crippen molar-refractivity contribution in [2.75, 3.05) is 20.2 Å². The first-order valence-corrected chi connectivity index (χ1v) is 9.76. The van der Waals surface area contributed by atoms with Crippen LogP contribution in [0.4, 0.5) is 0 Å². The number of aromatic nitrogens is 1. The Hall–Kier alpha value is -3.18. The molecule has 29 heavy (non-hydrogen) atoms. The van der Waals surface area contributed by atoms with Crippen molar-refractivity contribution in [1.82, 2.24) is 9.88 Å². The van der Waals surface area contributed by atoms with E-state index in [1.54, 1.807) is 18.2 Å². The van der Waals surface area contributed by atoms with Crippen molar-refractivity contribution >= 4 is 5.91 Å². The highest BCUT2D eigenvalue weighted by atomic mass is 16.5. The third kappa shape index (κ3) is 4.30. The molecule has 148 valence electrons. The van der Waals surface area contributed by atoms with Crippen LogP contribution in [0.5, 0.6) is 5.75 Å². The predicted molar refractivity (Wildman–Crippen MR) is 112 cm³/mol. The monoisotopic (exact) mass is 388 g/mol. The summed E-state index contributed by atoms with van der Waals surface area (Å²) in [6, 6.07) is 21.1. The maximum Gasteiger partial charge on any atom is 0.253 e. The zero-order valence-electron chi connectivity index (χ0n) is 16.4. The maximum absolute atomic E-state index is 13.1. The number of ether oxygens (including phenoxy) is 1. The lowest BCUT2D eigenvalue weighted by atomic mass is 10.00. The van der Waals surface area contributed by atoms with E-state index in [9.17, 15) is 9.90 Å². The largest absolute Gasteiger partial charge is 0.497 e. The fraction of sp³-hybridized carbons (Fsp3) is 0.250. The number of methoxy groups -OCH3 is 1. The van der Waals surface area contributed by atoms with Gasteiger partial charge in [-0.2, -0.15) is 0 Å². The summed E-state index contributed by atoms with van der Waals surface area (Å²) >= 11 is 0. The molecule has 0 aliphatic carbocycles. The number of β-amino-alcohol motifs (C(OH)–C–C–N with tert-alkyl or cyclic N) is 1. The molecule has 2 atom stereocenters. The lowest BCUT2D eigenvalue weighted by Crippen LogP contribution is -2.29. The summed E-state index contributed by atoms with van der Waals surface area (Å²) in [6.07, 6.45) is 1.88. The van der Waals surface area contributed by atoms with Crippen molar-refractivity contribution in [3.8, 4) is 16.9 Å². The quantitative estimate of drug-likeness (QED) is 0.727. The van der Waals surface area contributed by atoms with E-state index >= 15 is 0 Å². The first-order chi connectivity index (χ1) is 14.1. The van der Waals surface area contributed by atoms with Crippen LogP contribution in [0, 0.1) is 5.92 Å². The third-order valence-electron chi connectivity index (χ3n) is 5.40. The Morgan fingerprint density at radius 3 is 2.62 bits per heavy atom. The minimum absolute atomic E-state index is 0.00424. The number of amides is 1. The molecule has 5 nitrogen and oxygen atoms in total. The van der Waals surface area contributed by atoms with Crippen LogP contribution in [0.15, 0.2) is 72.9 Å². The Morgan fingerprint density at radius 1 is 1.07 bits per heavy atom. The van der Waals surface area contributed by atoms with Gasteiger partial charge in [0.15, 0.2) is 0 Å². The molecule has 0 unspecified atom stereocenters. The smallest absolute Gasteiger partial charge is 0.253 e. The van der Waals surface area contributed by atoms with E-state index in [1.165, 1.54) is 0 Å². The Labute approximate surface area is 170 Å². The fourth-order valence-electron chi connectivity index (χ4n) is 3.83. The first-order valence-electron chi connectivity index (χ1n) is 9.76. The van der Waals surface area contributed by atoms with Gasteiger partial charge in [0.1, 0.15) is 5.75 Å². The molecule has 1 N–H and O–H groups in total. The minimum atomic E-state index is -0.539. The normalized spacial score (nSPS) is 18.6. The number of rotatable bonds is 5. The van der Waals surface area contributed by atoms with Crippen LogP contribution in [0.2, 0.25) is 0 Å². The SMILES string of the molecule is COc1cccc(-c2cccc(C(=O)N3C[C@@H](Cc4ccccn4)[C@H](O)C3)c2)c1. The number of likely N-dealkylation sites (tertiary alicyclic amines) is 1. The van der Waals surface area contributed by atoms with E-state index in [0.29, 0.717) is 25.1 Å². The molecule has 5 heteroatoms. The van der Waals surface area contributed by atoms with Crippen molar-refractivity contribution in [3.05, 3.63) is 84.2 Å². The average Bonchev–Trinajstić information content (AvgIpc) is 3.14. The van der Waals surface area contributed by atoms with Gasteiger partial charge in [-0.05, 0) is 53.9 Å². The second-order valence-electron chi connectivity index (χ2n) is 7.38. The zero-order valence-corrected chi connectivity index (χ0v) is 16.4. The van der Waals surface area contributed by atoms with Gasteiger partial charge in [-0.1, -0.05) is 30.3 Å². The molecule has 1 aliphatic rings. The molecule has 0 radical (unpaired) electrons. The number of pyridine rings is 1. The van der Waals surface area contributed by atoms with E-state index < -0.39 is 6.10 Å². The number of aliphatic hydroxyl groups excluding tert-OH is 1. The summed E-state index contributed by atoms with van der Waals surface area (Å²) < 4.78 is 5.30. The number of hydrogen-bond donors (Lipinski definition) is 1. The summed E-state index contributed by atoms with van der Waals surface area (Å²) in [5, 5.41) is 10.5. The highest BCUT2D eigenvalue weighted by molar-refractivity contribution is 5.95. The van der Waals surface area contributed by atoms with Crippen molar-refractivity contribution < 1.29 is 14.6 Å². The molecule has 4 rings (SSSR count). The van der Waals surface area contributed by atoms with Gasteiger partial charge in [0.2, 0.25) is 0 Å². The molecule has 3 aromatic rings. The molecule has 1 amide bonds. The number of hydrogen-bond acceptors (Lipinski definition) is 4. The Kier molecular flexibility index (Phi) is 5.58. The van der Waals surface area contributed by atoms with Crippen LogP contribution < -0.4 is 4.74 Å². The van der Waals surface area contributed by atoms with E-state index in [0.717, 1.165) is 22.6 Å². The topological polar surface area (TPSA) is 62.7 Å². The minimum Gasteiger partial charge on any atom is -0.497 e. The second-order valence-corrected chi connectivity index (χ2v) is 7.38. The van der Waals surface area contributed by atoms with E-state index in [4.69, 9.17) is 4.74 Å². The summed E-state index contributed by atoms with van der Waals surface area (Å²) in [5.41, 5.74) is 3.51. The zero-order chi connectivity index (χ0) is 20.2. The summed E-state index contributed by atoms with van der Waals surface area (Å²) in [4.78, 5) is 19.1. The van der Waals surface area contributed by atoms with Gasteiger partial charge in [0, 0.05) is 36.5 Å². The van der Waals surface area contributed by atoms with Crippen LogP contribution in [-0.4, -0.2) is 47.2 Å². The van der Waals surface area contributed by atoms with Gasteiger partial charge in [0.25, 0.3) is 5.91 Å². The number of carbonyl (C=O) groups excluding carboxylic acids is 1. The lowest BCUT2D eigenvalue weighted by molar-refractivity contribution is 0.0764. The third-order valence-corrected chi connectivity index (χ3v) is 5.40. The van der Waals surface area contributed by atoms with Crippen LogP contribution in [0.25, 0.3) is 11.1 Å². The van der Waals surface area contributed by atoms with Gasteiger partial charge in [-0.25, -0.2) is 0 Å². The van der Waals surface area contributed by atoms with Crippen LogP contribution in [-0.2, 0) is 6.42 Å². The Balaban J connectivity index is 1.50. The van der Waals surface area contributed by atoms with Gasteiger partial charge in [-0.3, -0.25) is 9.78 Å². The van der Waals surface area contributed by atoms with Crippen LogP contribution >= 0.6 is 0 Å². The molecule has 2 aromatic carbocycles. The predicted octanol–water partition coefficient (Wildman–Crippen LogP) is 3.43. The highest BCUT2D eigenvalue weighted by Crippen LogP contribution is 2.27. The molecular weight excluding hydrogens is 364 g/mol. The summed E-state index contributed by atoms with van der Waals surface area (Å²) in [7, 11) is 1.64. The lowest BCUT2D eigenvalue weighted by Gasteiger charge is -2.17. The van der Waals surface area contributed by atoms with Crippen LogP contribution in [0.3, 0.4) is 0 Å². The molecule has 1 saturated heterocycles. The molecule has 1 aromatic heterocycles. The molecule has 1 aliphatic heterocycles. The second kappa shape index (κ2) is 8.45. The molecule has 2 heterocycles. The molecule has 0 saturated carbocycles. The fourth-order valence-corrected chi connectivity index (χ4v) is 3.83. The maximum atomic E-state index is 13.1. The van der Waals surface area contributed by atoms with Crippen molar-refractivity contribution in [1.29, 1.82) is 0 Å². The van der Waals surface area contributed by atoms with Gasteiger partial charge in [-0.15, -0.1) is 0 Å². The summed E-state index contributed by atoms with van der Waals surface area (Å²) in [5.74, 6) is 0.715. The number of benzene rings is 2. The molecular formula is C24H24N2O3. The van der Waals surface area contributed by atoms with E-state index in [-0.39, 0.29) is 11.8 Å². The number of carbonyl (C=O) groups is 1. The van der Waals surface area contributed by atoms with Crippen molar-refractivity contribution in [3.63, 3.8) is 0 Å². The Morgan fingerprint density at radius 2 is 1.86 bits per heavy atom. The van der Waals surface area contributed by atoms with E-state index in [2.05, 4.69) is 4.98 Å². The average molecular weight is 388 g/mol. The molecule has 0 spiro atoms. The number of nitrogens with zero attached hydrogens (tertiary/aromatic N) is 2. The first kappa shape index (κ1) is 19.2. The van der Waals surface area contributed by atoms with Gasteiger partial charge < -0.3 is 14.7 Å². The van der Waals surface area contributed by atoms with Gasteiger partial charge in [0.05, 0.1) is 13.2 Å². The highest BCUT2D eigenvalue weighted by Gasteiger charge is 2.34. The van der Waals surface area contributed by atoms with Crippen LogP contribution in [0.1, 0.15) is 16.1 Å². The van der Waals surface area contributed by atoms with Crippen molar-refractivity contribution in [2.45, 2.75) is 12.5 Å². The standard InChI is InChI=1S/C24H24N2O3/c1-29-22-10-5-7-18(14-22)17-6-4-8-19(12-17)24(28)26-15-20(23(27)16-26)13-21-9-2-3-11-25-21/h2-12,14,20,23,27H,13,15-16H2,1H3/t20-,23-/m1/s1. The van der Waals surface area contributed by atoms with Gasteiger partial charge >= 0.3 is 0 Å². The molecule has 0 bridgehead atoms. The molecule has 1 fully saturated rings. The van der Waals surface area contributed by atoms with E-state index in [1.807, 2.05) is 66.7 Å². The summed E-state index contributed by atoms with van der Waals surface area (Å²) in [6.45, 7) is 0.875. The number of aliphatic hydroxyl groups is 1. The Bertz CT molecular complexity index is 990. The van der Waals surface area contributed by atoms with Crippen molar-refractivity contribution in [2.24, 2.45) is 5.92 Å².